The van der Waals surface area contributed by atoms with Crippen molar-refractivity contribution < 1.29 is 5.11 Å². The molecule has 0 bridgehead atoms. The van der Waals surface area contributed by atoms with Crippen LogP contribution in [0.1, 0.15) is 24.8 Å². The average molecular weight is 234 g/mol. The number of hydrogen-bond acceptors (Lipinski definition) is 3. The Kier molecular flexibility index (Phi) is 4.83. The van der Waals surface area contributed by atoms with Gasteiger partial charge in [0.15, 0.2) is 0 Å². The Morgan fingerprint density at radius 1 is 1.24 bits per heavy atom. The minimum atomic E-state index is 0.414. The van der Waals surface area contributed by atoms with E-state index in [2.05, 4.69) is 10.6 Å². The second-order valence-corrected chi connectivity index (χ2v) is 4.71. The lowest BCUT2D eigenvalue weighted by atomic mass is 10.1. The van der Waals surface area contributed by atoms with Gasteiger partial charge >= 0.3 is 0 Å². The third-order valence-electron chi connectivity index (χ3n) is 3.39. The van der Waals surface area contributed by atoms with E-state index in [1.807, 2.05) is 18.2 Å². The molecule has 17 heavy (non-hydrogen) atoms. The van der Waals surface area contributed by atoms with Gasteiger partial charge in [0, 0.05) is 6.04 Å². The Hall–Kier alpha value is -1.06. The lowest BCUT2D eigenvalue weighted by Crippen LogP contribution is -2.31. The number of phenols is 1. The zero-order chi connectivity index (χ0) is 11.9. The van der Waals surface area contributed by atoms with Gasteiger partial charge in [0.1, 0.15) is 5.75 Å². The second-order valence-electron chi connectivity index (χ2n) is 4.71. The van der Waals surface area contributed by atoms with Crippen molar-refractivity contribution >= 4 is 0 Å². The summed E-state index contributed by atoms with van der Waals surface area (Å²) >= 11 is 0. The SMILES string of the molecule is Oc1ccccc1CCNC1CCCNCC1. The Bertz CT molecular complexity index is 333. The highest BCUT2D eigenvalue weighted by atomic mass is 16.3. The first-order chi connectivity index (χ1) is 8.36. The maximum absolute atomic E-state index is 9.65. The van der Waals surface area contributed by atoms with Gasteiger partial charge in [-0.3, -0.25) is 0 Å². The topological polar surface area (TPSA) is 44.3 Å². The lowest BCUT2D eigenvalue weighted by molar-refractivity contribution is 0.454. The molecule has 1 aliphatic heterocycles. The molecule has 0 aliphatic carbocycles. The molecule has 1 aromatic rings. The molecule has 1 unspecified atom stereocenters. The predicted molar refractivity (Wildman–Crippen MR) is 70.3 cm³/mol. The molecule has 1 fully saturated rings. The van der Waals surface area contributed by atoms with Crippen LogP contribution in [-0.2, 0) is 6.42 Å². The molecule has 0 amide bonds. The molecule has 1 aliphatic rings. The molecule has 94 valence electrons. The van der Waals surface area contributed by atoms with Crippen LogP contribution in [0.15, 0.2) is 24.3 Å². The molecule has 0 spiro atoms. The van der Waals surface area contributed by atoms with Crippen molar-refractivity contribution in [2.45, 2.75) is 31.7 Å². The maximum Gasteiger partial charge on any atom is 0.118 e. The van der Waals surface area contributed by atoms with E-state index in [9.17, 15) is 5.11 Å². The van der Waals surface area contributed by atoms with Gasteiger partial charge in [0.05, 0.1) is 0 Å². The summed E-state index contributed by atoms with van der Waals surface area (Å²) in [7, 11) is 0. The van der Waals surface area contributed by atoms with E-state index in [0.29, 0.717) is 11.8 Å². The molecule has 1 saturated heterocycles. The first-order valence-corrected chi connectivity index (χ1v) is 6.57. The summed E-state index contributed by atoms with van der Waals surface area (Å²) in [6.45, 7) is 3.22. The normalized spacial score (nSPS) is 21.1. The summed E-state index contributed by atoms with van der Waals surface area (Å²) in [4.78, 5) is 0. The minimum absolute atomic E-state index is 0.414. The van der Waals surface area contributed by atoms with Gasteiger partial charge in [-0.2, -0.15) is 0 Å². The van der Waals surface area contributed by atoms with Gasteiger partial charge in [-0.1, -0.05) is 18.2 Å². The van der Waals surface area contributed by atoms with Gasteiger partial charge in [-0.15, -0.1) is 0 Å². The molecule has 0 radical (unpaired) electrons. The summed E-state index contributed by atoms with van der Waals surface area (Å²) < 4.78 is 0. The summed E-state index contributed by atoms with van der Waals surface area (Å²) in [5.41, 5.74) is 1.03. The van der Waals surface area contributed by atoms with Crippen LogP contribution in [0.25, 0.3) is 0 Å². The van der Waals surface area contributed by atoms with Crippen LogP contribution in [-0.4, -0.2) is 30.8 Å². The smallest absolute Gasteiger partial charge is 0.118 e. The Balaban J connectivity index is 1.73. The van der Waals surface area contributed by atoms with Crippen LogP contribution in [0, 0.1) is 0 Å². The van der Waals surface area contributed by atoms with E-state index in [1.165, 1.54) is 19.3 Å². The fourth-order valence-electron chi connectivity index (χ4n) is 2.36. The highest BCUT2D eigenvalue weighted by Crippen LogP contribution is 2.15. The van der Waals surface area contributed by atoms with E-state index in [1.54, 1.807) is 6.07 Å². The third-order valence-corrected chi connectivity index (χ3v) is 3.39. The van der Waals surface area contributed by atoms with Crippen LogP contribution < -0.4 is 10.6 Å². The maximum atomic E-state index is 9.65. The van der Waals surface area contributed by atoms with E-state index >= 15 is 0 Å². The summed E-state index contributed by atoms with van der Waals surface area (Å²) in [5.74, 6) is 0.414. The predicted octanol–water partition coefficient (Wildman–Crippen LogP) is 1.67. The highest BCUT2D eigenvalue weighted by molar-refractivity contribution is 5.31. The Labute approximate surface area is 103 Å². The van der Waals surface area contributed by atoms with Gasteiger partial charge in [0.25, 0.3) is 0 Å². The molecule has 3 N–H and O–H groups in total. The lowest BCUT2D eigenvalue weighted by Gasteiger charge is -2.15. The molecular formula is C14H22N2O. The number of nitrogens with one attached hydrogen (secondary N) is 2. The van der Waals surface area contributed by atoms with Crippen LogP contribution in [0.3, 0.4) is 0 Å². The monoisotopic (exact) mass is 234 g/mol. The zero-order valence-electron chi connectivity index (χ0n) is 10.3. The van der Waals surface area contributed by atoms with Crippen LogP contribution >= 0.6 is 0 Å². The first kappa shape index (κ1) is 12.4. The molecule has 1 heterocycles. The van der Waals surface area contributed by atoms with Crippen LogP contribution in [0.2, 0.25) is 0 Å². The quantitative estimate of drug-likeness (QED) is 0.742. The van der Waals surface area contributed by atoms with Gasteiger partial charge in [-0.05, 0) is 56.9 Å². The number of hydrogen-bond donors (Lipinski definition) is 3. The summed E-state index contributed by atoms with van der Waals surface area (Å²) in [6, 6.07) is 8.22. The van der Waals surface area contributed by atoms with Crippen molar-refractivity contribution in [1.82, 2.24) is 10.6 Å². The number of aromatic hydroxyl groups is 1. The van der Waals surface area contributed by atoms with Gasteiger partial charge in [0.2, 0.25) is 0 Å². The van der Waals surface area contributed by atoms with Crippen LogP contribution in [0.5, 0.6) is 5.75 Å². The fraction of sp³-hybridized carbons (Fsp3) is 0.571. The van der Waals surface area contributed by atoms with Crippen molar-refractivity contribution in [2.24, 2.45) is 0 Å². The van der Waals surface area contributed by atoms with Crippen molar-refractivity contribution in [2.75, 3.05) is 19.6 Å². The molecule has 3 nitrogen and oxygen atoms in total. The number of rotatable bonds is 4. The molecule has 2 rings (SSSR count). The van der Waals surface area contributed by atoms with Gasteiger partial charge < -0.3 is 15.7 Å². The summed E-state index contributed by atoms with van der Waals surface area (Å²) in [6.07, 6.45) is 4.62. The molecule has 0 saturated carbocycles. The number of para-hydroxylation sites is 1. The fourth-order valence-corrected chi connectivity index (χ4v) is 2.36. The first-order valence-electron chi connectivity index (χ1n) is 6.57. The van der Waals surface area contributed by atoms with E-state index in [4.69, 9.17) is 0 Å². The van der Waals surface area contributed by atoms with Gasteiger partial charge in [-0.25, -0.2) is 0 Å². The minimum Gasteiger partial charge on any atom is -0.508 e. The van der Waals surface area contributed by atoms with Crippen molar-refractivity contribution in [3.8, 4) is 5.75 Å². The summed E-state index contributed by atoms with van der Waals surface area (Å²) in [5, 5.41) is 16.7. The third kappa shape index (κ3) is 4.02. The van der Waals surface area contributed by atoms with E-state index in [0.717, 1.165) is 31.6 Å². The molecule has 1 atom stereocenters. The largest absolute Gasteiger partial charge is 0.508 e. The molecule has 3 heteroatoms. The average Bonchev–Trinajstić information content (AvgIpc) is 2.60. The molecule has 0 aromatic heterocycles. The van der Waals surface area contributed by atoms with E-state index < -0.39 is 0 Å². The Morgan fingerprint density at radius 2 is 2.12 bits per heavy atom. The zero-order valence-corrected chi connectivity index (χ0v) is 10.3. The van der Waals surface area contributed by atoms with E-state index in [-0.39, 0.29) is 0 Å². The van der Waals surface area contributed by atoms with Crippen molar-refractivity contribution in [3.05, 3.63) is 29.8 Å². The Morgan fingerprint density at radius 3 is 3.00 bits per heavy atom. The highest BCUT2D eigenvalue weighted by Gasteiger charge is 2.10. The van der Waals surface area contributed by atoms with Crippen LogP contribution in [0.4, 0.5) is 0 Å². The molecule has 1 aromatic carbocycles. The second kappa shape index (κ2) is 6.62. The number of benzene rings is 1. The molecular weight excluding hydrogens is 212 g/mol. The standard InChI is InChI=1S/C14H22N2O/c17-14-6-2-1-4-12(14)7-11-16-13-5-3-9-15-10-8-13/h1-2,4,6,13,15-17H,3,5,7-11H2. The van der Waals surface area contributed by atoms with Crippen molar-refractivity contribution in [1.29, 1.82) is 0 Å². The van der Waals surface area contributed by atoms with Crippen molar-refractivity contribution in [3.63, 3.8) is 0 Å². The number of phenolic OH excluding ortho intramolecular Hbond substituents is 1.